The molecule has 1 saturated heterocycles. The molecule has 1 aliphatic heterocycles. The molecule has 0 unspecified atom stereocenters. The molecular weight excluding hydrogens is 368 g/mol. The van der Waals surface area contributed by atoms with E-state index in [2.05, 4.69) is 4.98 Å². The van der Waals surface area contributed by atoms with Crippen LogP contribution in [0.2, 0.25) is 0 Å². The van der Waals surface area contributed by atoms with Gasteiger partial charge in [0.05, 0.1) is 16.3 Å². The number of carbonyl (C=O) groups excluding carboxylic acids is 4. The van der Waals surface area contributed by atoms with Crippen LogP contribution in [0.25, 0.3) is 10.2 Å². The maximum Gasteiger partial charge on any atom is 0.334 e. The second-order valence-electron chi connectivity index (χ2n) is 6.33. The van der Waals surface area contributed by atoms with Crippen LogP contribution in [0, 0.1) is 0 Å². The van der Waals surface area contributed by atoms with E-state index in [-0.39, 0.29) is 12.6 Å². The topological polar surface area (TPSA) is 90.9 Å². The molecule has 0 N–H and O–H groups in total. The first kappa shape index (κ1) is 19.0. The molecule has 1 fully saturated rings. The molecule has 0 spiro atoms. The molecule has 1 atom stereocenters. The van der Waals surface area contributed by atoms with Crippen LogP contribution in [-0.2, 0) is 14.4 Å². The Morgan fingerprint density at radius 3 is 2.52 bits per heavy atom. The third-order valence-corrected chi connectivity index (χ3v) is 5.72. The average Bonchev–Trinajstić information content (AvgIpc) is 3.18. The number of fused-ring (bicyclic) bond motifs is 1. The molecule has 0 aliphatic carbocycles. The summed E-state index contributed by atoms with van der Waals surface area (Å²) in [7, 11) is 1.59. The molecule has 1 aliphatic rings. The van der Waals surface area contributed by atoms with E-state index in [1.54, 1.807) is 14.0 Å². The molecule has 142 valence electrons. The summed E-state index contributed by atoms with van der Waals surface area (Å²) in [4.78, 5) is 56.4. The van der Waals surface area contributed by atoms with E-state index in [1.807, 2.05) is 31.2 Å². The van der Waals surface area contributed by atoms with Crippen LogP contribution in [0.15, 0.2) is 24.3 Å². The molecule has 1 aromatic heterocycles. The summed E-state index contributed by atoms with van der Waals surface area (Å²) in [6.07, 6.45) is 0.543. The van der Waals surface area contributed by atoms with E-state index in [9.17, 15) is 19.2 Å². The second kappa shape index (κ2) is 7.43. The number of amides is 5. The number of aromatic nitrogens is 1. The van der Waals surface area contributed by atoms with E-state index in [1.165, 1.54) is 16.2 Å². The zero-order valence-electron chi connectivity index (χ0n) is 15.3. The SMILES string of the molecule is CCCN1C(=O)C(=O)N(CC(=O)N(C)[C@@H](C)c2nc3ccccc3s2)C1=O. The fourth-order valence-electron chi connectivity index (χ4n) is 2.81. The Bertz CT molecular complexity index is 892. The van der Waals surface area contributed by atoms with E-state index in [0.29, 0.717) is 11.3 Å². The number of hydrogen-bond donors (Lipinski definition) is 0. The highest BCUT2D eigenvalue weighted by atomic mass is 32.1. The lowest BCUT2D eigenvalue weighted by molar-refractivity contribution is -0.145. The zero-order chi connectivity index (χ0) is 19.7. The lowest BCUT2D eigenvalue weighted by atomic mass is 10.3. The molecule has 0 saturated carbocycles. The molecule has 1 aromatic carbocycles. The van der Waals surface area contributed by atoms with Crippen molar-refractivity contribution in [2.75, 3.05) is 20.1 Å². The van der Waals surface area contributed by atoms with Gasteiger partial charge in [-0.25, -0.2) is 14.7 Å². The molecular formula is C18H20N4O4S. The van der Waals surface area contributed by atoms with Crippen LogP contribution in [0.1, 0.15) is 31.3 Å². The highest BCUT2D eigenvalue weighted by molar-refractivity contribution is 7.18. The van der Waals surface area contributed by atoms with Crippen LogP contribution >= 0.6 is 11.3 Å². The van der Waals surface area contributed by atoms with Crippen molar-refractivity contribution in [3.63, 3.8) is 0 Å². The summed E-state index contributed by atoms with van der Waals surface area (Å²) in [5.41, 5.74) is 0.857. The lowest BCUT2D eigenvalue weighted by Gasteiger charge is -2.25. The monoisotopic (exact) mass is 388 g/mol. The van der Waals surface area contributed by atoms with Gasteiger partial charge >= 0.3 is 17.8 Å². The Morgan fingerprint density at radius 2 is 1.85 bits per heavy atom. The van der Waals surface area contributed by atoms with E-state index in [4.69, 9.17) is 0 Å². The summed E-state index contributed by atoms with van der Waals surface area (Å²) in [5, 5.41) is 0.759. The Labute approximate surface area is 160 Å². The van der Waals surface area contributed by atoms with Crippen molar-refractivity contribution in [1.29, 1.82) is 0 Å². The molecule has 3 rings (SSSR count). The predicted molar refractivity (Wildman–Crippen MR) is 99.9 cm³/mol. The molecule has 5 amide bonds. The van der Waals surface area contributed by atoms with Gasteiger partial charge in [0.15, 0.2) is 0 Å². The van der Waals surface area contributed by atoms with Gasteiger partial charge in [0.1, 0.15) is 11.6 Å². The predicted octanol–water partition coefficient (Wildman–Crippen LogP) is 2.02. The smallest absolute Gasteiger partial charge is 0.334 e. The number of urea groups is 1. The summed E-state index contributed by atoms with van der Waals surface area (Å²) >= 11 is 1.49. The number of likely N-dealkylation sites (N-methyl/N-ethyl adjacent to an activating group) is 1. The number of nitrogens with zero attached hydrogens (tertiary/aromatic N) is 4. The summed E-state index contributed by atoms with van der Waals surface area (Å²) in [5.74, 6) is -2.27. The number of carbonyl (C=O) groups is 4. The van der Waals surface area contributed by atoms with Gasteiger partial charge in [-0.3, -0.25) is 19.3 Å². The minimum absolute atomic E-state index is 0.159. The number of rotatable bonds is 6. The number of hydrogen-bond acceptors (Lipinski definition) is 6. The minimum atomic E-state index is -0.956. The first-order chi connectivity index (χ1) is 12.8. The Morgan fingerprint density at radius 1 is 1.19 bits per heavy atom. The van der Waals surface area contributed by atoms with Crippen molar-refractivity contribution in [2.24, 2.45) is 0 Å². The van der Waals surface area contributed by atoms with Crippen LogP contribution in [-0.4, -0.2) is 63.6 Å². The Balaban J connectivity index is 1.72. The van der Waals surface area contributed by atoms with Crippen LogP contribution < -0.4 is 0 Å². The van der Waals surface area contributed by atoms with Crippen molar-refractivity contribution in [1.82, 2.24) is 19.7 Å². The van der Waals surface area contributed by atoms with Gasteiger partial charge in [-0.15, -0.1) is 11.3 Å². The highest BCUT2D eigenvalue weighted by Crippen LogP contribution is 2.29. The highest BCUT2D eigenvalue weighted by Gasteiger charge is 2.45. The van der Waals surface area contributed by atoms with Gasteiger partial charge < -0.3 is 4.90 Å². The summed E-state index contributed by atoms with van der Waals surface area (Å²) in [6, 6.07) is 6.62. The zero-order valence-corrected chi connectivity index (χ0v) is 16.2. The molecule has 0 radical (unpaired) electrons. The second-order valence-corrected chi connectivity index (χ2v) is 7.39. The van der Waals surface area contributed by atoms with Crippen LogP contribution in [0.3, 0.4) is 0 Å². The quantitative estimate of drug-likeness (QED) is 0.558. The fraction of sp³-hybridized carbons (Fsp3) is 0.389. The standard InChI is InChI=1S/C18H20N4O4S/c1-4-9-21-16(24)17(25)22(18(21)26)10-14(23)20(3)11(2)15-19-12-7-5-6-8-13(12)27-15/h5-8,11H,4,9-10H2,1-3H3/t11-/m0/s1. The molecule has 9 heteroatoms. The number of imide groups is 2. The van der Waals surface area contributed by atoms with Crippen molar-refractivity contribution in [3.8, 4) is 0 Å². The van der Waals surface area contributed by atoms with Gasteiger partial charge in [-0.2, -0.15) is 0 Å². The van der Waals surface area contributed by atoms with Gasteiger partial charge in [0.2, 0.25) is 5.91 Å². The first-order valence-corrected chi connectivity index (χ1v) is 9.45. The molecule has 8 nitrogen and oxygen atoms in total. The van der Waals surface area contributed by atoms with Crippen molar-refractivity contribution >= 4 is 45.3 Å². The van der Waals surface area contributed by atoms with Crippen molar-refractivity contribution < 1.29 is 19.2 Å². The first-order valence-electron chi connectivity index (χ1n) is 8.63. The number of thiazole rings is 1. The van der Waals surface area contributed by atoms with Gasteiger partial charge in [-0.05, 0) is 25.5 Å². The van der Waals surface area contributed by atoms with Gasteiger partial charge in [0.25, 0.3) is 0 Å². The summed E-state index contributed by atoms with van der Waals surface area (Å²) in [6.45, 7) is 3.32. The largest absolute Gasteiger partial charge is 0.335 e. The van der Waals surface area contributed by atoms with Gasteiger partial charge in [-0.1, -0.05) is 19.1 Å². The fourth-order valence-corrected chi connectivity index (χ4v) is 3.87. The lowest BCUT2D eigenvalue weighted by Crippen LogP contribution is -2.43. The normalized spacial score (nSPS) is 15.7. The van der Waals surface area contributed by atoms with Crippen molar-refractivity contribution in [2.45, 2.75) is 26.3 Å². The number of para-hydroxylation sites is 1. The average molecular weight is 388 g/mol. The Kier molecular flexibility index (Phi) is 5.22. The van der Waals surface area contributed by atoms with E-state index in [0.717, 1.165) is 20.1 Å². The molecule has 2 aromatic rings. The van der Waals surface area contributed by atoms with Crippen LogP contribution in [0.5, 0.6) is 0 Å². The third-order valence-electron chi connectivity index (χ3n) is 4.52. The minimum Gasteiger partial charge on any atom is -0.335 e. The van der Waals surface area contributed by atoms with Crippen molar-refractivity contribution in [3.05, 3.63) is 29.3 Å². The van der Waals surface area contributed by atoms with Gasteiger partial charge in [0, 0.05) is 13.6 Å². The van der Waals surface area contributed by atoms with E-state index < -0.39 is 30.3 Å². The molecule has 27 heavy (non-hydrogen) atoms. The maximum atomic E-state index is 12.6. The maximum absolute atomic E-state index is 12.6. The summed E-state index contributed by atoms with van der Waals surface area (Å²) < 4.78 is 1.02. The van der Waals surface area contributed by atoms with E-state index >= 15 is 0 Å². The van der Waals surface area contributed by atoms with Crippen LogP contribution in [0.4, 0.5) is 4.79 Å². The third kappa shape index (κ3) is 3.42. The number of benzene rings is 1. The molecule has 0 bridgehead atoms. The molecule has 2 heterocycles. The Hall–Kier alpha value is -2.81.